The summed E-state index contributed by atoms with van der Waals surface area (Å²) in [5.41, 5.74) is 4.18. The van der Waals surface area contributed by atoms with Gasteiger partial charge in [-0.3, -0.25) is 11.3 Å². The zero-order chi connectivity index (χ0) is 13.7. The molecular formula is C14H26N4S. The maximum Gasteiger partial charge on any atom is 0.0804 e. The number of nitrogens with zero attached hydrogens (tertiary/aromatic N) is 2. The minimum atomic E-state index is 0.249. The van der Waals surface area contributed by atoms with Gasteiger partial charge in [0.2, 0.25) is 0 Å². The van der Waals surface area contributed by atoms with Crippen molar-refractivity contribution in [3.63, 3.8) is 0 Å². The van der Waals surface area contributed by atoms with Crippen LogP contribution in [0.3, 0.4) is 0 Å². The molecule has 1 aromatic rings. The summed E-state index contributed by atoms with van der Waals surface area (Å²) in [5, 5.41) is 4.27. The topological polar surface area (TPSA) is 63.8 Å². The maximum atomic E-state index is 5.83. The van der Waals surface area contributed by atoms with Gasteiger partial charge >= 0.3 is 0 Å². The van der Waals surface area contributed by atoms with Crippen LogP contribution in [0.2, 0.25) is 0 Å². The lowest BCUT2D eigenvalue weighted by molar-refractivity contribution is 0.220. The largest absolute Gasteiger partial charge is 0.271 e. The van der Waals surface area contributed by atoms with Crippen LogP contribution >= 0.6 is 11.5 Å². The molecule has 3 N–H and O–H groups in total. The van der Waals surface area contributed by atoms with Crippen molar-refractivity contribution in [2.24, 2.45) is 17.7 Å². The van der Waals surface area contributed by atoms with Gasteiger partial charge in [0.1, 0.15) is 0 Å². The average Bonchev–Trinajstić information content (AvgIpc) is 2.89. The molecule has 0 spiro atoms. The Morgan fingerprint density at radius 3 is 2.63 bits per heavy atom. The second kappa shape index (κ2) is 7.31. The van der Waals surface area contributed by atoms with E-state index in [9.17, 15) is 0 Å². The molecule has 5 heteroatoms. The molecule has 0 bridgehead atoms. The third-order valence-electron chi connectivity index (χ3n) is 4.47. The van der Waals surface area contributed by atoms with Crippen molar-refractivity contribution in [2.45, 2.75) is 64.8 Å². The van der Waals surface area contributed by atoms with Crippen molar-refractivity contribution in [3.8, 4) is 0 Å². The fourth-order valence-electron chi connectivity index (χ4n) is 3.22. The predicted molar refractivity (Wildman–Crippen MR) is 79.7 cm³/mol. The predicted octanol–water partition coefficient (Wildman–Crippen LogP) is 3.21. The van der Waals surface area contributed by atoms with E-state index in [0.717, 1.165) is 24.5 Å². The summed E-state index contributed by atoms with van der Waals surface area (Å²) in [6.45, 7) is 4.48. The van der Waals surface area contributed by atoms with Gasteiger partial charge in [0, 0.05) is 0 Å². The first-order valence-electron chi connectivity index (χ1n) is 7.57. The molecule has 1 unspecified atom stereocenters. The molecule has 1 aliphatic carbocycles. The van der Waals surface area contributed by atoms with Gasteiger partial charge < -0.3 is 0 Å². The second-order valence-corrected chi connectivity index (χ2v) is 6.45. The van der Waals surface area contributed by atoms with E-state index in [1.807, 2.05) is 0 Å². The third kappa shape index (κ3) is 3.52. The molecular weight excluding hydrogens is 256 g/mol. The molecule has 1 heterocycles. The molecule has 0 saturated heterocycles. The summed E-state index contributed by atoms with van der Waals surface area (Å²) in [6, 6.07) is 0.249. The first kappa shape index (κ1) is 14.9. The molecule has 0 aliphatic heterocycles. The summed E-state index contributed by atoms with van der Waals surface area (Å²) in [7, 11) is 0. The third-order valence-corrected chi connectivity index (χ3v) is 5.32. The highest BCUT2D eigenvalue weighted by molar-refractivity contribution is 7.05. The first-order valence-corrected chi connectivity index (χ1v) is 8.34. The normalized spacial score (nSPS) is 25.4. The van der Waals surface area contributed by atoms with E-state index in [2.05, 4.69) is 28.9 Å². The van der Waals surface area contributed by atoms with E-state index in [1.165, 1.54) is 48.5 Å². The van der Waals surface area contributed by atoms with E-state index in [4.69, 9.17) is 5.84 Å². The summed E-state index contributed by atoms with van der Waals surface area (Å²) >= 11 is 1.52. The van der Waals surface area contributed by atoms with Crippen LogP contribution in [0, 0.1) is 11.8 Å². The van der Waals surface area contributed by atoms with E-state index < -0.39 is 0 Å². The van der Waals surface area contributed by atoms with Crippen LogP contribution in [0.5, 0.6) is 0 Å². The van der Waals surface area contributed by atoms with Gasteiger partial charge in [-0.25, -0.2) is 0 Å². The molecule has 0 aromatic carbocycles. The van der Waals surface area contributed by atoms with Gasteiger partial charge in [-0.05, 0) is 42.6 Å². The Balaban J connectivity index is 2.05. The van der Waals surface area contributed by atoms with E-state index in [1.54, 1.807) is 0 Å². The molecule has 1 atom stereocenters. The number of nitrogens with one attached hydrogen (secondary N) is 1. The lowest BCUT2D eigenvalue weighted by Crippen LogP contribution is -2.35. The molecule has 19 heavy (non-hydrogen) atoms. The summed E-state index contributed by atoms with van der Waals surface area (Å²) in [6.07, 6.45) is 8.67. The quantitative estimate of drug-likeness (QED) is 0.621. The number of hydrazine groups is 1. The SMILES string of the molecule is CCCc1nnsc1C(NN)C1CCC(CC)CC1. The van der Waals surface area contributed by atoms with E-state index in [-0.39, 0.29) is 6.04 Å². The van der Waals surface area contributed by atoms with Crippen LogP contribution in [0.25, 0.3) is 0 Å². The molecule has 2 rings (SSSR count). The van der Waals surface area contributed by atoms with Gasteiger partial charge in [-0.2, -0.15) is 0 Å². The summed E-state index contributed by atoms with van der Waals surface area (Å²) < 4.78 is 4.13. The van der Waals surface area contributed by atoms with Crippen molar-refractivity contribution in [2.75, 3.05) is 0 Å². The fraction of sp³-hybridized carbons (Fsp3) is 0.857. The van der Waals surface area contributed by atoms with Crippen molar-refractivity contribution >= 4 is 11.5 Å². The highest BCUT2D eigenvalue weighted by atomic mass is 32.1. The zero-order valence-corrected chi connectivity index (χ0v) is 12.9. The Morgan fingerprint density at radius 2 is 2.05 bits per heavy atom. The van der Waals surface area contributed by atoms with Gasteiger partial charge in [0.05, 0.1) is 16.6 Å². The number of hydrogen-bond acceptors (Lipinski definition) is 5. The van der Waals surface area contributed by atoms with Crippen LogP contribution in [0.1, 0.15) is 69.0 Å². The molecule has 0 amide bonds. The zero-order valence-electron chi connectivity index (χ0n) is 12.1. The minimum Gasteiger partial charge on any atom is -0.271 e. The number of rotatable bonds is 6. The average molecular weight is 282 g/mol. The molecule has 0 radical (unpaired) electrons. The molecule has 1 fully saturated rings. The van der Waals surface area contributed by atoms with Crippen molar-refractivity contribution in [1.82, 2.24) is 15.0 Å². The Morgan fingerprint density at radius 1 is 1.32 bits per heavy atom. The molecule has 1 aromatic heterocycles. The summed E-state index contributed by atoms with van der Waals surface area (Å²) in [4.78, 5) is 1.27. The Labute approximate surface area is 120 Å². The van der Waals surface area contributed by atoms with Crippen LogP contribution in [0.4, 0.5) is 0 Å². The number of aryl methyl sites for hydroxylation is 1. The molecule has 4 nitrogen and oxygen atoms in total. The number of aromatic nitrogens is 2. The Kier molecular flexibility index (Phi) is 5.73. The van der Waals surface area contributed by atoms with E-state index >= 15 is 0 Å². The standard InChI is InChI=1S/C14H26N4S/c1-3-5-12-14(19-18-17-12)13(16-15)11-8-6-10(4-2)7-9-11/h10-11,13,16H,3-9,15H2,1-2H3. The second-order valence-electron chi connectivity index (χ2n) is 5.67. The fourth-order valence-corrected chi connectivity index (χ4v) is 4.07. The van der Waals surface area contributed by atoms with Gasteiger partial charge in [-0.15, -0.1) is 5.10 Å². The molecule has 108 valence electrons. The van der Waals surface area contributed by atoms with E-state index in [0.29, 0.717) is 5.92 Å². The Hall–Kier alpha value is -0.520. The molecule has 1 saturated carbocycles. The van der Waals surface area contributed by atoms with Gasteiger partial charge in [0.25, 0.3) is 0 Å². The molecule has 1 aliphatic rings. The highest BCUT2D eigenvalue weighted by Crippen LogP contribution is 2.39. The smallest absolute Gasteiger partial charge is 0.0804 e. The van der Waals surface area contributed by atoms with Crippen LogP contribution in [0.15, 0.2) is 0 Å². The van der Waals surface area contributed by atoms with Crippen LogP contribution < -0.4 is 11.3 Å². The lowest BCUT2D eigenvalue weighted by atomic mass is 9.77. The summed E-state index contributed by atoms with van der Waals surface area (Å²) in [5.74, 6) is 7.39. The maximum absolute atomic E-state index is 5.83. The minimum absolute atomic E-state index is 0.249. The Bertz CT molecular complexity index is 371. The van der Waals surface area contributed by atoms with Crippen LogP contribution in [-0.4, -0.2) is 9.59 Å². The first-order chi connectivity index (χ1) is 9.30. The monoisotopic (exact) mass is 282 g/mol. The highest BCUT2D eigenvalue weighted by Gasteiger charge is 2.30. The van der Waals surface area contributed by atoms with Gasteiger partial charge in [-0.1, -0.05) is 44.0 Å². The van der Waals surface area contributed by atoms with Crippen molar-refractivity contribution in [3.05, 3.63) is 10.6 Å². The van der Waals surface area contributed by atoms with Crippen LogP contribution in [-0.2, 0) is 6.42 Å². The number of nitrogens with two attached hydrogens (primary N) is 1. The number of hydrogen-bond donors (Lipinski definition) is 2. The lowest BCUT2D eigenvalue weighted by Gasteiger charge is -2.32. The van der Waals surface area contributed by atoms with Crippen molar-refractivity contribution < 1.29 is 0 Å². The van der Waals surface area contributed by atoms with Gasteiger partial charge in [0.15, 0.2) is 0 Å². The van der Waals surface area contributed by atoms with Crippen molar-refractivity contribution in [1.29, 1.82) is 0 Å².